The third kappa shape index (κ3) is 16.2. The molecule has 0 atom stereocenters. The van der Waals surface area contributed by atoms with Crippen LogP contribution in [0.25, 0.3) is 5.32 Å². The van der Waals surface area contributed by atoms with Crippen molar-refractivity contribution in [2.45, 2.75) is 6.92 Å². The summed E-state index contributed by atoms with van der Waals surface area (Å²) in [6.45, 7) is 2.96. The van der Waals surface area contributed by atoms with E-state index in [0.717, 1.165) is 6.54 Å². The molecule has 0 aromatic carbocycles. The van der Waals surface area contributed by atoms with Crippen LogP contribution in [-0.4, -0.2) is 13.6 Å². The van der Waals surface area contributed by atoms with E-state index in [0.29, 0.717) is 0 Å². The molecular weight excluding hydrogens is 314 g/mol. The fraction of sp³-hybridized carbons (Fsp3) is 1.00. The van der Waals surface area contributed by atoms with Crippen molar-refractivity contribution < 1.29 is 73.1 Å². The molecule has 0 rings (SSSR count). The Balaban J connectivity index is -0.0000000450. The van der Waals surface area contributed by atoms with Crippen LogP contribution in [0.15, 0.2) is 0 Å². The minimum atomic E-state index is 0. The van der Waals surface area contributed by atoms with Gasteiger partial charge in [0.25, 0.3) is 0 Å². The number of rotatable bonds is 1. The molecule has 0 spiro atoms. The van der Waals surface area contributed by atoms with E-state index in [-0.39, 0.29) is 73.1 Å². The van der Waals surface area contributed by atoms with Crippen LogP contribution in [0, 0.1) is 46.9 Å². The van der Waals surface area contributed by atoms with Gasteiger partial charge in [0.1, 0.15) is 0 Å². The quantitative estimate of drug-likeness (QED) is 0.684. The van der Waals surface area contributed by atoms with Crippen molar-refractivity contribution in [3.05, 3.63) is 5.32 Å². The molecule has 0 fully saturated rings. The second kappa shape index (κ2) is 15.7. The zero-order valence-corrected chi connectivity index (χ0v) is 8.09. The molecule has 0 saturated heterocycles. The van der Waals surface area contributed by atoms with Gasteiger partial charge in [0.2, 0.25) is 0 Å². The van der Waals surface area contributed by atoms with Crippen molar-refractivity contribution in [2.75, 3.05) is 13.6 Å². The SMILES string of the molecule is CC[N-]C.[Yb].[Zr]. The van der Waals surface area contributed by atoms with Crippen LogP contribution < -0.4 is 0 Å². The van der Waals surface area contributed by atoms with Crippen molar-refractivity contribution in [3.8, 4) is 0 Å². The summed E-state index contributed by atoms with van der Waals surface area (Å²) in [6, 6.07) is 0. The summed E-state index contributed by atoms with van der Waals surface area (Å²) >= 11 is 0. The van der Waals surface area contributed by atoms with E-state index in [2.05, 4.69) is 5.32 Å². The largest absolute Gasteiger partial charge is 0.665 e. The van der Waals surface area contributed by atoms with Crippen LogP contribution in [0.2, 0.25) is 0 Å². The Morgan fingerprint density at radius 1 is 1.50 bits per heavy atom. The van der Waals surface area contributed by atoms with Gasteiger partial charge in [0, 0.05) is 73.1 Å². The maximum Gasteiger partial charge on any atom is 0 e. The van der Waals surface area contributed by atoms with Gasteiger partial charge in [-0.2, -0.15) is 13.6 Å². The summed E-state index contributed by atoms with van der Waals surface area (Å²) in [5.74, 6) is 0. The topological polar surface area (TPSA) is 14.1 Å². The first-order valence-corrected chi connectivity index (χ1v) is 1.47. The third-order valence-electron chi connectivity index (χ3n) is 0.316. The average molecular weight is 322 g/mol. The first kappa shape index (κ1) is 15.8. The van der Waals surface area contributed by atoms with E-state index in [4.69, 9.17) is 0 Å². The van der Waals surface area contributed by atoms with Crippen molar-refractivity contribution in [2.24, 2.45) is 0 Å². The summed E-state index contributed by atoms with van der Waals surface area (Å²) in [5.41, 5.74) is 0. The molecule has 6 heavy (non-hydrogen) atoms. The zero-order valence-electron chi connectivity index (χ0n) is 3.92. The molecule has 0 aromatic rings. The molecule has 0 saturated carbocycles. The van der Waals surface area contributed by atoms with Crippen LogP contribution >= 0.6 is 0 Å². The molecule has 0 radical (unpaired) electrons. The smallest absolute Gasteiger partial charge is 0 e. The second-order valence-electron chi connectivity index (χ2n) is 0.632. The summed E-state index contributed by atoms with van der Waals surface area (Å²) in [6.07, 6.45) is 0. The molecule has 3 heteroatoms. The summed E-state index contributed by atoms with van der Waals surface area (Å²) in [7, 11) is 1.81. The van der Waals surface area contributed by atoms with Crippen LogP contribution in [0.1, 0.15) is 6.92 Å². The molecule has 0 aromatic heterocycles. The van der Waals surface area contributed by atoms with E-state index >= 15 is 0 Å². The fourth-order valence-electron chi connectivity index (χ4n) is 0. The molecule has 0 aliphatic rings. The van der Waals surface area contributed by atoms with E-state index in [1.165, 1.54) is 0 Å². The van der Waals surface area contributed by atoms with E-state index in [9.17, 15) is 0 Å². The van der Waals surface area contributed by atoms with Crippen molar-refractivity contribution in [1.82, 2.24) is 0 Å². The Bertz CT molecular complexity index is 12.8. The minimum absolute atomic E-state index is 0. The maximum atomic E-state index is 3.74. The first-order valence-electron chi connectivity index (χ1n) is 1.47. The van der Waals surface area contributed by atoms with Gasteiger partial charge >= 0.3 is 0 Å². The van der Waals surface area contributed by atoms with Gasteiger partial charge in [-0.15, -0.1) is 0 Å². The van der Waals surface area contributed by atoms with Crippen molar-refractivity contribution in [3.63, 3.8) is 0 Å². The van der Waals surface area contributed by atoms with E-state index in [1.54, 1.807) is 7.05 Å². The summed E-state index contributed by atoms with van der Waals surface area (Å²) in [5, 5.41) is 3.74. The zero-order chi connectivity index (χ0) is 3.41. The Morgan fingerprint density at radius 3 is 1.67 bits per heavy atom. The van der Waals surface area contributed by atoms with Gasteiger partial charge in [-0.25, -0.2) is 0 Å². The van der Waals surface area contributed by atoms with Crippen LogP contribution in [-0.2, 0) is 26.2 Å². The van der Waals surface area contributed by atoms with Crippen LogP contribution in [0.4, 0.5) is 0 Å². The van der Waals surface area contributed by atoms with Crippen LogP contribution in [0.5, 0.6) is 0 Å². The monoisotopic (exact) mass is 322 g/mol. The predicted molar refractivity (Wildman–Crippen MR) is 19.8 cm³/mol. The number of nitrogens with zero attached hydrogens (tertiary/aromatic N) is 1. The minimum Gasteiger partial charge on any atom is -0.665 e. The molecule has 0 amide bonds. The Hall–Kier alpha value is 2.36. The van der Waals surface area contributed by atoms with Crippen molar-refractivity contribution >= 4 is 0 Å². The summed E-state index contributed by atoms with van der Waals surface area (Å²) in [4.78, 5) is 0. The van der Waals surface area contributed by atoms with Gasteiger partial charge in [0.15, 0.2) is 0 Å². The number of hydrogen-bond acceptors (Lipinski definition) is 0. The normalized spacial score (nSPS) is 5.00. The Labute approximate surface area is 97.0 Å². The van der Waals surface area contributed by atoms with Gasteiger partial charge < -0.3 is 5.32 Å². The van der Waals surface area contributed by atoms with Crippen molar-refractivity contribution in [1.29, 1.82) is 0 Å². The van der Waals surface area contributed by atoms with Gasteiger partial charge in [0.05, 0.1) is 0 Å². The van der Waals surface area contributed by atoms with Gasteiger partial charge in [-0.1, -0.05) is 6.92 Å². The standard InChI is InChI=1S/C3H8N.Yb.Zr/c1-3-4-2;;/h3H2,1-2H3;;/q-1;;. The third-order valence-corrected chi connectivity index (χ3v) is 0.316. The van der Waals surface area contributed by atoms with Gasteiger partial charge in [-0.3, -0.25) is 0 Å². The molecule has 0 aliphatic heterocycles. The van der Waals surface area contributed by atoms with Gasteiger partial charge in [-0.05, 0) is 0 Å². The average Bonchev–Trinajstić information content (AvgIpc) is 1.37. The molecule has 0 unspecified atom stereocenters. The fourth-order valence-corrected chi connectivity index (χ4v) is 0. The molecule has 1 nitrogen and oxygen atoms in total. The molecule has 44 valence electrons. The van der Waals surface area contributed by atoms with E-state index < -0.39 is 0 Å². The Kier molecular flexibility index (Phi) is 41.1. The maximum absolute atomic E-state index is 3.74. The molecule has 0 N–H and O–H groups in total. The first-order chi connectivity index (χ1) is 1.91. The Morgan fingerprint density at radius 2 is 1.67 bits per heavy atom. The predicted octanol–water partition coefficient (Wildman–Crippen LogP) is 1.01. The molecule has 0 heterocycles. The molecule has 0 aliphatic carbocycles. The molecular formula is C3H8NYbZr-. The van der Waals surface area contributed by atoms with Crippen LogP contribution in [0.3, 0.4) is 0 Å². The second-order valence-corrected chi connectivity index (χ2v) is 0.632. The van der Waals surface area contributed by atoms with E-state index in [1.807, 2.05) is 6.92 Å². The number of hydrogen-bond donors (Lipinski definition) is 0. The molecule has 0 bridgehead atoms. The summed E-state index contributed by atoms with van der Waals surface area (Å²) < 4.78 is 0.